The summed E-state index contributed by atoms with van der Waals surface area (Å²) in [6.07, 6.45) is 3.03. The minimum Gasteiger partial charge on any atom is -0.398 e. The molecule has 1 unspecified atom stereocenters. The Hall–Kier alpha value is -0.940. The van der Waals surface area contributed by atoms with Gasteiger partial charge in [-0.25, -0.2) is 0 Å². The van der Waals surface area contributed by atoms with Gasteiger partial charge in [0.15, 0.2) is 0 Å². The number of halogens is 1. The van der Waals surface area contributed by atoms with Crippen molar-refractivity contribution < 1.29 is 0 Å². The minimum absolute atomic E-state index is 0.548. The summed E-state index contributed by atoms with van der Waals surface area (Å²) >= 11 is 5.43. The van der Waals surface area contributed by atoms with Crippen molar-refractivity contribution in [1.29, 1.82) is 0 Å². The van der Waals surface area contributed by atoms with E-state index in [0.717, 1.165) is 26.8 Å². The maximum absolute atomic E-state index is 6.01. The van der Waals surface area contributed by atoms with Crippen LogP contribution in [0.3, 0.4) is 0 Å². The second kappa shape index (κ2) is 4.97. The zero-order valence-corrected chi connectivity index (χ0v) is 12.2. The Kier molecular flexibility index (Phi) is 3.35. The lowest BCUT2D eigenvalue weighted by Crippen LogP contribution is -2.18. The first-order valence-electron chi connectivity index (χ1n) is 5.92. The van der Waals surface area contributed by atoms with Crippen LogP contribution in [0.1, 0.15) is 6.42 Å². The lowest BCUT2D eigenvalue weighted by Gasteiger charge is -2.15. The van der Waals surface area contributed by atoms with E-state index < -0.39 is 0 Å². The van der Waals surface area contributed by atoms with Crippen LogP contribution in [0.25, 0.3) is 10.9 Å². The molecule has 1 aliphatic rings. The van der Waals surface area contributed by atoms with Gasteiger partial charge in [0, 0.05) is 33.5 Å². The quantitative estimate of drug-likeness (QED) is 0.830. The van der Waals surface area contributed by atoms with Gasteiger partial charge in [-0.1, -0.05) is 0 Å². The van der Waals surface area contributed by atoms with Crippen molar-refractivity contribution in [2.75, 3.05) is 22.6 Å². The molecule has 1 fully saturated rings. The molecule has 18 heavy (non-hydrogen) atoms. The number of hydrogen-bond acceptors (Lipinski definition) is 4. The van der Waals surface area contributed by atoms with Crippen LogP contribution >= 0.6 is 27.7 Å². The molecule has 94 valence electrons. The van der Waals surface area contributed by atoms with Crippen LogP contribution in [0.5, 0.6) is 0 Å². The van der Waals surface area contributed by atoms with Crippen molar-refractivity contribution in [2.24, 2.45) is 0 Å². The first-order valence-corrected chi connectivity index (χ1v) is 7.87. The van der Waals surface area contributed by atoms with E-state index in [2.05, 4.69) is 26.2 Å². The molecule has 0 aliphatic carbocycles. The van der Waals surface area contributed by atoms with E-state index in [1.807, 2.05) is 36.2 Å². The van der Waals surface area contributed by atoms with Crippen LogP contribution in [-0.2, 0) is 0 Å². The number of hydrogen-bond donors (Lipinski definition) is 2. The van der Waals surface area contributed by atoms with E-state index in [1.54, 1.807) is 0 Å². The van der Waals surface area contributed by atoms with E-state index in [-0.39, 0.29) is 0 Å². The maximum atomic E-state index is 6.01. The average Bonchev–Trinajstić information content (AvgIpc) is 2.86. The molecule has 2 aromatic rings. The number of fused-ring (bicyclic) bond motifs is 1. The second-order valence-corrected chi connectivity index (χ2v) is 6.52. The highest BCUT2D eigenvalue weighted by Gasteiger charge is 2.16. The number of thioether (sulfide) groups is 1. The van der Waals surface area contributed by atoms with Crippen molar-refractivity contribution >= 4 is 50.0 Å². The molecule has 0 radical (unpaired) electrons. The second-order valence-electron chi connectivity index (χ2n) is 4.46. The smallest absolute Gasteiger partial charge is 0.0954 e. The zero-order chi connectivity index (χ0) is 12.5. The van der Waals surface area contributed by atoms with E-state index in [4.69, 9.17) is 5.73 Å². The van der Waals surface area contributed by atoms with Crippen LogP contribution in [0.4, 0.5) is 11.4 Å². The summed E-state index contributed by atoms with van der Waals surface area (Å²) in [5.41, 5.74) is 8.81. The van der Waals surface area contributed by atoms with Crippen molar-refractivity contribution in [1.82, 2.24) is 4.98 Å². The minimum atomic E-state index is 0.548. The van der Waals surface area contributed by atoms with Crippen LogP contribution < -0.4 is 11.1 Å². The number of pyridine rings is 1. The summed E-state index contributed by atoms with van der Waals surface area (Å²) in [7, 11) is 0. The Morgan fingerprint density at radius 1 is 1.44 bits per heavy atom. The summed E-state index contributed by atoms with van der Waals surface area (Å²) in [6.45, 7) is 0. The number of nitrogens with two attached hydrogens (primary N) is 1. The fraction of sp³-hybridized carbons (Fsp3) is 0.308. The largest absolute Gasteiger partial charge is 0.398 e. The first-order chi connectivity index (χ1) is 8.74. The summed E-state index contributed by atoms with van der Waals surface area (Å²) in [5, 5.41) is 4.58. The standard InChI is InChI=1S/C13H14BrN3S/c14-8-5-10-11(15)1-2-12(13(10)16-6-8)17-9-3-4-18-7-9/h1-2,5-6,9,17H,3-4,7,15H2. The lowest BCUT2D eigenvalue weighted by atomic mass is 10.1. The first kappa shape index (κ1) is 12.1. The summed E-state index contributed by atoms with van der Waals surface area (Å²) < 4.78 is 0.954. The highest BCUT2D eigenvalue weighted by atomic mass is 79.9. The van der Waals surface area contributed by atoms with Crippen molar-refractivity contribution in [3.63, 3.8) is 0 Å². The monoisotopic (exact) mass is 323 g/mol. The molecule has 3 N–H and O–H groups in total. The molecule has 5 heteroatoms. The van der Waals surface area contributed by atoms with Crippen molar-refractivity contribution in [3.05, 3.63) is 28.9 Å². The third kappa shape index (κ3) is 2.29. The van der Waals surface area contributed by atoms with Gasteiger partial charge in [-0.3, -0.25) is 4.98 Å². The molecule has 2 heterocycles. The molecule has 0 bridgehead atoms. The van der Waals surface area contributed by atoms with Gasteiger partial charge in [-0.15, -0.1) is 0 Å². The number of aromatic nitrogens is 1. The van der Waals surface area contributed by atoms with Gasteiger partial charge in [-0.05, 0) is 46.3 Å². The highest BCUT2D eigenvalue weighted by molar-refractivity contribution is 9.10. The Labute approximate surface area is 119 Å². The van der Waals surface area contributed by atoms with E-state index in [1.165, 1.54) is 17.9 Å². The van der Waals surface area contributed by atoms with Gasteiger partial charge in [0.05, 0.1) is 11.2 Å². The molecule has 0 spiro atoms. The fourth-order valence-electron chi connectivity index (χ4n) is 2.20. The van der Waals surface area contributed by atoms with Crippen LogP contribution in [-0.4, -0.2) is 22.5 Å². The van der Waals surface area contributed by atoms with Crippen LogP contribution in [0.2, 0.25) is 0 Å². The number of anilines is 2. The Bertz CT molecular complexity index is 582. The molecule has 0 amide bonds. The van der Waals surface area contributed by atoms with Gasteiger partial charge in [0.2, 0.25) is 0 Å². The molecule has 1 aliphatic heterocycles. The van der Waals surface area contributed by atoms with E-state index in [0.29, 0.717) is 6.04 Å². The molecule has 1 saturated heterocycles. The predicted molar refractivity (Wildman–Crippen MR) is 83.2 cm³/mol. The maximum Gasteiger partial charge on any atom is 0.0954 e. The Morgan fingerprint density at radius 2 is 2.33 bits per heavy atom. The van der Waals surface area contributed by atoms with Crippen LogP contribution in [0, 0.1) is 0 Å². The van der Waals surface area contributed by atoms with Gasteiger partial charge in [0.1, 0.15) is 0 Å². The number of rotatable bonds is 2. The summed E-state index contributed by atoms with van der Waals surface area (Å²) in [4.78, 5) is 4.49. The van der Waals surface area contributed by atoms with Gasteiger partial charge < -0.3 is 11.1 Å². The van der Waals surface area contributed by atoms with Crippen molar-refractivity contribution in [2.45, 2.75) is 12.5 Å². The topological polar surface area (TPSA) is 50.9 Å². The van der Waals surface area contributed by atoms with Crippen molar-refractivity contribution in [3.8, 4) is 0 Å². The van der Waals surface area contributed by atoms with E-state index in [9.17, 15) is 0 Å². The SMILES string of the molecule is Nc1ccc(NC2CCSC2)c2ncc(Br)cc12. The van der Waals surface area contributed by atoms with E-state index >= 15 is 0 Å². The normalized spacial score (nSPS) is 19.3. The number of nitrogens with one attached hydrogen (secondary N) is 1. The van der Waals surface area contributed by atoms with Gasteiger partial charge in [-0.2, -0.15) is 11.8 Å². The summed E-state index contributed by atoms with van der Waals surface area (Å²) in [5.74, 6) is 2.41. The fourth-order valence-corrected chi connectivity index (χ4v) is 3.68. The van der Waals surface area contributed by atoms with Gasteiger partial charge >= 0.3 is 0 Å². The third-order valence-electron chi connectivity index (χ3n) is 3.14. The molecular weight excluding hydrogens is 310 g/mol. The summed E-state index contributed by atoms with van der Waals surface area (Å²) in [6, 6.07) is 6.54. The molecule has 1 aromatic heterocycles. The lowest BCUT2D eigenvalue weighted by molar-refractivity contribution is 0.814. The Balaban J connectivity index is 2.03. The number of nitrogen functional groups attached to an aromatic ring is 1. The Morgan fingerprint density at radius 3 is 3.11 bits per heavy atom. The van der Waals surface area contributed by atoms with Gasteiger partial charge in [0.25, 0.3) is 0 Å². The molecule has 1 aromatic carbocycles. The molecule has 1 atom stereocenters. The molecule has 3 nitrogen and oxygen atoms in total. The number of benzene rings is 1. The molecule has 0 saturated carbocycles. The average molecular weight is 324 g/mol. The molecule has 3 rings (SSSR count). The third-order valence-corrected chi connectivity index (χ3v) is 4.74. The van der Waals surface area contributed by atoms with Crippen LogP contribution in [0.15, 0.2) is 28.9 Å². The highest BCUT2D eigenvalue weighted by Crippen LogP contribution is 2.30. The zero-order valence-electron chi connectivity index (χ0n) is 9.82. The molecular formula is C13H14BrN3S. The predicted octanol–water partition coefficient (Wildman–Crippen LogP) is 3.50. The number of nitrogens with zero attached hydrogens (tertiary/aromatic N) is 1.